The van der Waals surface area contributed by atoms with Gasteiger partial charge in [0.05, 0.1) is 6.04 Å². The first-order valence-corrected chi connectivity index (χ1v) is 11.6. The van der Waals surface area contributed by atoms with Gasteiger partial charge in [-0.25, -0.2) is 0 Å². The maximum absolute atomic E-state index is 13.2. The highest BCUT2D eigenvalue weighted by molar-refractivity contribution is 6.12. The molecule has 0 saturated heterocycles. The predicted molar refractivity (Wildman–Crippen MR) is 133 cm³/mol. The Labute approximate surface area is 193 Å². The molecule has 0 unspecified atom stereocenters. The minimum Gasteiger partial charge on any atom is -0.489 e. The van der Waals surface area contributed by atoms with Crippen molar-refractivity contribution in [1.82, 2.24) is 0 Å². The molecule has 162 valence electrons. The highest BCUT2D eigenvalue weighted by Gasteiger charge is 2.34. The highest BCUT2D eigenvalue weighted by atomic mass is 16.5. The number of carbonyl (C=O) groups is 1. The fraction of sp³-hybridized carbons (Fsp3) is 0.167. The van der Waals surface area contributed by atoms with E-state index in [2.05, 4.69) is 66.0 Å². The van der Waals surface area contributed by atoms with Crippen LogP contribution in [0.25, 0.3) is 16.3 Å². The van der Waals surface area contributed by atoms with Crippen LogP contribution >= 0.6 is 0 Å². The second-order valence-electron chi connectivity index (χ2n) is 8.80. The van der Waals surface area contributed by atoms with Crippen molar-refractivity contribution >= 4 is 27.8 Å². The second-order valence-corrected chi connectivity index (χ2v) is 8.80. The van der Waals surface area contributed by atoms with Gasteiger partial charge in [0.1, 0.15) is 12.4 Å². The van der Waals surface area contributed by atoms with Crippen molar-refractivity contribution in [2.24, 2.45) is 0 Å². The Bertz CT molecular complexity index is 1370. The number of ether oxygens (including phenoxy) is 1. The molecular formula is C30H25NO2. The summed E-state index contributed by atoms with van der Waals surface area (Å²) in [5, 5.41) is 6.12. The van der Waals surface area contributed by atoms with Gasteiger partial charge in [0.25, 0.3) is 0 Å². The molecule has 3 nitrogen and oxygen atoms in total. The standard InChI is InChI=1S/C30H25NO2/c32-27-12-6-11-25-28-24-10-5-4-9-21(24)15-18-26(28)31-30(29(25)27)22-13-16-23(17-14-22)33-19-20-7-2-1-3-8-20/h1-5,7-10,13-18,30-31H,6,11-12,19H2/t30-/m1/s1. The summed E-state index contributed by atoms with van der Waals surface area (Å²) in [7, 11) is 0. The summed E-state index contributed by atoms with van der Waals surface area (Å²) in [6, 6.07) is 31.0. The van der Waals surface area contributed by atoms with Gasteiger partial charge in [0.2, 0.25) is 0 Å². The van der Waals surface area contributed by atoms with E-state index in [0.717, 1.165) is 41.0 Å². The third kappa shape index (κ3) is 3.60. The number of nitrogens with one attached hydrogen (secondary N) is 1. The Morgan fingerprint density at radius 1 is 0.818 bits per heavy atom. The van der Waals surface area contributed by atoms with Crippen molar-refractivity contribution in [3.63, 3.8) is 0 Å². The Kier molecular flexibility index (Phi) is 4.95. The summed E-state index contributed by atoms with van der Waals surface area (Å²) in [6.07, 6.45) is 2.48. The van der Waals surface area contributed by atoms with E-state index in [1.54, 1.807) is 0 Å². The molecule has 1 atom stereocenters. The Morgan fingerprint density at radius 3 is 2.45 bits per heavy atom. The van der Waals surface area contributed by atoms with Crippen LogP contribution in [0.5, 0.6) is 5.75 Å². The van der Waals surface area contributed by atoms with Gasteiger partial charge >= 0.3 is 0 Å². The number of allylic oxidation sites excluding steroid dienone is 1. The number of benzene rings is 4. The van der Waals surface area contributed by atoms with Crippen molar-refractivity contribution < 1.29 is 9.53 Å². The van der Waals surface area contributed by atoms with Gasteiger partial charge in [0, 0.05) is 23.2 Å². The third-order valence-corrected chi connectivity index (χ3v) is 6.74. The van der Waals surface area contributed by atoms with E-state index in [-0.39, 0.29) is 11.8 Å². The number of anilines is 1. The molecular weight excluding hydrogens is 406 g/mol. The normalized spacial score (nSPS) is 17.3. The van der Waals surface area contributed by atoms with Crippen LogP contribution in [0, 0.1) is 0 Å². The van der Waals surface area contributed by atoms with Crippen molar-refractivity contribution in [1.29, 1.82) is 0 Å². The molecule has 1 aliphatic heterocycles. The van der Waals surface area contributed by atoms with E-state index in [9.17, 15) is 4.79 Å². The molecule has 0 spiro atoms. The molecule has 0 saturated carbocycles. The first-order valence-electron chi connectivity index (χ1n) is 11.6. The summed E-state index contributed by atoms with van der Waals surface area (Å²) in [4.78, 5) is 13.2. The molecule has 4 aromatic rings. The maximum Gasteiger partial charge on any atom is 0.161 e. The number of carbonyl (C=O) groups excluding carboxylic acids is 1. The number of fused-ring (bicyclic) bond motifs is 4. The average Bonchev–Trinajstić information content (AvgIpc) is 2.88. The van der Waals surface area contributed by atoms with E-state index in [1.807, 2.05) is 30.3 Å². The van der Waals surface area contributed by atoms with Crippen LogP contribution in [0.4, 0.5) is 5.69 Å². The monoisotopic (exact) mass is 431 g/mol. The minimum atomic E-state index is -0.135. The Morgan fingerprint density at radius 2 is 1.61 bits per heavy atom. The molecule has 1 heterocycles. The molecule has 6 rings (SSSR count). The number of ketones is 1. The van der Waals surface area contributed by atoms with E-state index in [1.165, 1.54) is 21.9 Å². The Balaban J connectivity index is 1.36. The van der Waals surface area contributed by atoms with Gasteiger partial charge in [-0.1, -0.05) is 72.8 Å². The van der Waals surface area contributed by atoms with Crippen molar-refractivity contribution in [3.05, 3.63) is 113 Å². The molecule has 4 aromatic carbocycles. The molecule has 33 heavy (non-hydrogen) atoms. The summed E-state index contributed by atoms with van der Waals surface area (Å²) >= 11 is 0. The summed E-state index contributed by atoms with van der Waals surface area (Å²) in [6.45, 7) is 0.538. The fourth-order valence-electron chi connectivity index (χ4n) is 5.15. The van der Waals surface area contributed by atoms with Gasteiger partial charge in [0.15, 0.2) is 5.78 Å². The zero-order chi connectivity index (χ0) is 22.2. The molecule has 0 amide bonds. The van der Waals surface area contributed by atoms with Crippen LogP contribution in [0.1, 0.15) is 42.0 Å². The molecule has 2 aliphatic rings. The topological polar surface area (TPSA) is 38.3 Å². The van der Waals surface area contributed by atoms with Crippen LogP contribution in [-0.4, -0.2) is 5.78 Å². The lowest BCUT2D eigenvalue weighted by Crippen LogP contribution is -2.27. The molecule has 1 N–H and O–H groups in total. The van der Waals surface area contributed by atoms with E-state index < -0.39 is 0 Å². The van der Waals surface area contributed by atoms with Gasteiger partial charge in [-0.15, -0.1) is 0 Å². The second kappa shape index (κ2) is 8.25. The highest BCUT2D eigenvalue weighted by Crippen LogP contribution is 2.48. The smallest absolute Gasteiger partial charge is 0.161 e. The predicted octanol–water partition coefficient (Wildman–Crippen LogP) is 7.09. The molecule has 0 bridgehead atoms. The van der Waals surface area contributed by atoms with Gasteiger partial charge in [-0.05, 0) is 58.5 Å². The first kappa shape index (κ1) is 19.8. The quantitative estimate of drug-likeness (QED) is 0.375. The van der Waals surface area contributed by atoms with E-state index in [0.29, 0.717) is 13.0 Å². The fourth-order valence-corrected chi connectivity index (χ4v) is 5.15. The maximum atomic E-state index is 13.2. The molecule has 0 radical (unpaired) electrons. The van der Waals surface area contributed by atoms with Crippen LogP contribution in [-0.2, 0) is 11.4 Å². The molecule has 0 fully saturated rings. The minimum absolute atomic E-state index is 0.135. The molecule has 3 heteroatoms. The summed E-state index contributed by atoms with van der Waals surface area (Å²) < 4.78 is 5.97. The van der Waals surface area contributed by atoms with Crippen molar-refractivity contribution in [2.45, 2.75) is 31.9 Å². The van der Waals surface area contributed by atoms with Crippen molar-refractivity contribution in [2.75, 3.05) is 5.32 Å². The summed E-state index contributed by atoms with van der Waals surface area (Å²) in [5.74, 6) is 1.09. The van der Waals surface area contributed by atoms with Crippen LogP contribution in [0.3, 0.4) is 0 Å². The van der Waals surface area contributed by atoms with Gasteiger partial charge in [-0.2, -0.15) is 0 Å². The van der Waals surface area contributed by atoms with Crippen LogP contribution in [0.15, 0.2) is 96.6 Å². The number of rotatable bonds is 4. The summed E-state index contributed by atoms with van der Waals surface area (Å²) in [5.41, 5.74) is 6.69. The van der Waals surface area contributed by atoms with E-state index in [4.69, 9.17) is 4.74 Å². The first-order chi connectivity index (χ1) is 16.3. The van der Waals surface area contributed by atoms with E-state index >= 15 is 0 Å². The Hall–Kier alpha value is -3.85. The van der Waals surface area contributed by atoms with Gasteiger partial charge < -0.3 is 10.1 Å². The van der Waals surface area contributed by atoms with Gasteiger partial charge in [-0.3, -0.25) is 4.79 Å². The third-order valence-electron chi connectivity index (χ3n) is 6.74. The number of hydrogen-bond donors (Lipinski definition) is 1. The zero-order valence-electron chi connectivity index (χ0n) is 18.4. The number of Topliss-reactive ketones (excluding diaryl/α,β-unsaturated/α-hetero) is 1. The largest absolute Gasteiger partial charge is 0.489 e. The van der Waals surface area contributed by atoms with Crippen LogP contribution in [0.2, 0.25) is 0 Å². The number of hydrogen-bond acceptors (Lipinski definition) is 3. The molecule has 0 aromatic heterocycles. The van der Waals surface area contributed by atoms with Crippen LogP contribution < -0.4 is 10.1 Å². The SMILES string of the molecule is O=C1CCCC2=C1[C@@H](c1ccc(OCc3ccccc3)cc1)Nc1ccc3ccccc3c12. The molecule has 1 aliphatic carbocycles. The van der Waals surface area contributed by atoms with Crippen molar-refractivity contribution in [3.8, 4) is 5.75 Å². The average molecular weight is 432 g/mol. The lowest BCUT2D eigenvalue weighted by Gasteiger charge is -2.35. The zero-order valence-corrected chi connectivity index (χ0v) is 18.4. The lowest BCUT2D eigenvalue weighted by atomic mass is 9.77. The lowest BCUT2D eigenvalue weighted by molar-refractivity contribution is -0.116.